The standard InChI is InChI=1S/C17H26N2O2S/c1-13-4-3-5-15(12-13)19-9-6-14(7-10-19)18-17(21)16(20)8-11-22-2/h3-5,12,14,16,20H,6-11H2,1-2H3,(H,18,21)/t16-/m0/s1. The molecule has 1 atom stereocenters. The summed E-state index contributed by atoms with van der Waals surface area (Å²) < 4.78 is 0. The van der Waals surface area contributed by atoms with Crippen molar-refractivity contribution >= 4 is 23.4 Å². The highest BCUT2D eigenvalue weighted by Gasteiger charge is 2.23. The van der Waals surface area contributed by atoms with E-state index >= 15 is 0 Å². The summed E-state index contributed by atoms with van der Waals surface area (Å²) >= 11 is 1.65. The summed E-state index contributed by atoms with van der Waals surface area (Å²) in [6.45, 7) is 3.98. The average Bonchev–Trinajstić information content (AvgIpc) is 2.53. The molecule has 0 saturated carbocycles. The number of aliphatic hydroxyl groups is 1. The van der Waals surface area contributed by atoms with Gasteiger partial charge in [-0.15, -0.1) is 0 Å². The summed E-state index contributed by atoms with van der Waals surface area (Å²) in [6.07, 6.45) is 3.48. The monoisotopic (exact) mass is 322 g/mol. The van der Waals surface area contributed by atoms with Crippen LogP contribution >= 0.6 is 11.8 Å². The van der Waals surface area contributed by atoms with E-state index in [2.05, 4.69) is 41.4 Å². The molecule has 1 aliphatic rings. The second kappa shape index (κ2) is 8.44. The molecule has 1 aromatic rings. The number of carbonyl (C=O) groups is 1. The van der Waals surface area contributed by atoms with E-state index in [9.17, 15) is 9.90 Å². The summed E-state index contributed by atoms with van der Waals surface area (Å²) in [4.78, 5) is 14.3. The fourth-order valence-corrected chi connectivity index (χ4v) is 3.22. The molecule has 4 nitrogen and oxygen atoms in total. The van der Waals surface area contributed by atoms with E-state index in [1.54, 1.807) is 11.8 Å². The number of aliphatic hydroxyl groups excluding tert-OH is 1. The minimum absolute atomic E-state index is 0.178. The van der Waals surface area contributed by atoms with Gasteiger partial charge in [-0.25, -0.2) is 0 Å². The molecule has 0 unspecified atom stereocenters. The Kier molecular flexibility index (Phi) is 6.58. The lowest BCUT2D eigenvalue weighted by molar-refractivity contribution is -0.130. The number of nitrogens with zero attached hydrogens (tertiary/aromatic N) is 1. The third-order valence-corrected chi connectivity index (χ3v) is 4.75. The van der Waals surface area contributed by atoms with E-state index < -0.39 is 6.10 Å². The maximum absolute atomic E-state index is 11.9. The van der Waals surface area contributed by atoms with Gasteiger partial charge in [0.1, 0.15) is 6.10 Å². The number of aryl methyl sites for hydroxylation is 1. The molecular weight excluding hydrogens is 296 g/mol. The van der Waals surface area contributed by atoms with Crippen molar-refractivity contribution in [2.75, 3.05) is 30.0 Å². The maximum atomic E-state index is 11.9. The topological polar surface area (TPSA) is 52.6 Å². The predicted molar refractivity (Wildman–Crippen MR) is 93.6 cm³/mol. The van der Waals surface area contributed by atoms with Gasteiger partial charge in [-0.2, -0.15) is 11.8 Å². The number of hydrogen-bond donors (Lipinski definition) is 2. The minimum atomic E-state index is -0.873. The van der Waals surface area contributed by atoms with Crippen molar-refractivity contribution in [3.05, 3.63) is 29.8 Å². The van der Waals surface area contributed by atoms with Crippen molar-refractivity contribution in [1.29, 1.82) is 0 Å². The fraction of sp³-hybridized carbons (Fsp3) is 0.588. The van der Waals surface area contributed by atoms with Crippen LogP contribution in [-0.2, 0) is 4.79 Å². The van der Waals surface area contributed by atoms with Gasteiger partial charge < -0.3 is 15.3 Å². The van der Waals surface area contributed by atoms with E-state index in [4.69, 9.17) is 0 Å². The summed E-state index contributed by atoms with van der Waals surface area (Å²) in [7, 11) is 0. The van der Waals surface area contributed by atoms with Gasteiger partial charge >= 0.3 is 0 Å². The van der Waals surface area contributed by atoms with Crippen LogP contribution in [0.3, 0.4) is 0 Å². The number of piperidine rings is 1. The van der Waals surface area contributed by atoms with Gasteiger partial charge in [0, 0.05) is 24.8 Å². The van der Waals surface area contributed by atoms with Crippen molar-refractivity contribution in [2.24, 2.45) is 0 Å². The number of benzene rings is 1. The van der Waals surface area contributed by atoms with E-state index in [-0.39, 0.29) is 11.9 Å². The molecule has 22 heavy (non-hydrogen) atoms. The molecule has 1 saturated heterocycles. The molecule has 1 aliphatic heterocycles. The van der Waals surface area contributed by atoms with E-state index in [0.717, 1.165) is 31.7 Å². The first kappa shape index (κ1) is 17.2. The van der Waals surface area contributed by atoms with Gasteiger partial charge in [0.25, 0.3) is 0 Å². The fourth-order valence-electron chi connectivity index (χ4n) is 2.76. The van der Waals surface area contributed by atoms with Crippen LogP contribution in [0.4, 0.5) is 5.69 Å². The van der Waals surface area contributed by atoms with E-state index in [1.165, 1.54) is 11.3 Å². The lowest BCUT2D eigenvalue weighted by atomic mass is 10.0. The van der Waals surface area contributed by atoms with Gasteiger partial charge in [0.15, 0.2) is 0 Å². The predicted octanol–water partition coefficient (Wildman–Crippen LogP) is 2.19. The molecule has 0 aliphatic carbocycles. The van der Waals surface area contributed by atoms with Crippen molar-refractivity contribution < 1.29 is 9.90 Å². The Hall–Kier alpha value is -1.20. The average molecular weight is 322 g/mol. The van der Waals surface area contributed by atoms with Crippen LogP contribution in [-0.4, -0.2) is 48.3 Å². The first-order valence-corrected chi connectivity index (χ1v) is 9.28. The molecule has 1 heterocycles. The Balaban J connectivity index is 1.78. The number of rotatable bonds is 6. The Morgan fingerprint density at radius 1 is 1.45 bits per heavy atom. The number of thioether (sulfide) groups is 1. The van der Waals surface area contributed by atoms with Crippen molar-refractivity contribution in [2.45, 2.75) is 38.3 Å². The number of anilines is 1. The molecule has 1 amide bonds. The zero-order valence-electron chi connectivity index (χ0n) is 13.4. The van der Waals surface area contributed by atoms with Crippen LogP contribution in [0, 0.1) is 6.92 Å². The molecule has 2 N–H and O–H groups in total. The van der Waals surface area contributed by atoms with Gasteiger partial charge in [-0.05, 0) is 55.9 Å². The first-order valence-electron chi connectivity index (χ1n) is 7.89. The Labute approximate surface area is 137 Å². The second-order valence-electron chi connectivity index (χ2n) is 5.91. The van der Waals surface area contributed by atoms with Crippen LogP contribution < -0.4 is 10.2 Å². The third-order valence-electron chi connectivity index (χ3n) is 4.11. The van der Waals surface area contributed by atoms with Crippen LogP contribution in [0.15, 0.2) is 24.3 Å². The number of hydrogen-bond acceptors (Lipinski definition) is 4. The lowest BCUT2D eigenvalue weighted by Gasteiger charge is -2.34. The van der Waals surface area contributed by atoms with Crippen LogP contribution in [0.25, 0.3) is 0 Å². The van der Waals surface area contributed by atoms with Crippen LogP contribution in [0.2, 0.25) is 0 Å². The van der Waals surface area contributed by atoms with Crippen molar-refractivity contribution in [3.8, 4) is 0 Å². The van der Waals surface area contributed by atoms with E-state index in [1.807, 2.05) is 6.26 Å². The smallest absolute Gasteiger partial charge is 0.249 e. The van der Waals surface area contributed by atoms with E-state index in [0.29, 0.717) is 6.42 Å². The zero-order chi connectivity index (χ0) is 15.9. The molecule has 0 bridgehead atoms. The van der Waals surface area contributed by atoms with Crippen molar-refractivity contribution in [3.63, 3.8) is 0 Å². The Morgan fingerprint density at radius 2 is 2.18 bits per heavy atom. The Morgan fingerprint density at radius 3 is 2.82 bits per heavy atom. The summed E-state index contributed by atoms with van der Waals surface area (Å²) in [5.41, 5.74) is 2.52. The highest BCUT2D eigenvalue weighted by atomic mass is 32.2. The van der Waals surface area contributed by atoms with Crippen molar-refractivity contribution in [1.82, 2.24) is 5.32 Å². The highest BCUT2D eigenvalue weighted by Crippen LogP contribution is 2.21. The molecule has 1 aromatic carbocycles. The molecule has 122 valence electrons. The number of nitrogens with one attached hydrogen (secondary N) is 1. The van der Waals surface area contributed by atoms with Gasteiger partial charge in [-0.3, -0.25) is 4.79 Å². The number of amides is 1. The SMILES string of the molecule is CSCC[C@H](O)C(=O)NC1CCN(c2cccc(C)c2)CC1. The Bertz CT molecular complexity index is 487. The normalized spacial score (nSPS) is 17.3. The molecule has 0 aromatic heterocycles. The summed E-state index contributed by atoms with van der Waals surface area (Å²) in [5, 5.41) is 12.8. The van der Waals surface area contributed by atoms with Gasteiger partial charge in [-0.1, -0.05) is 12.1 Å². The van der Waals surface area contributed by atoms with Gasteiger partial charge in [0.2, 0.25) is 5.91 Å². The largest absolute Gasteiger partial charge is 0.383 e. The highest BCUT2D eigenvalue weighted by molar-refractivity contribution is 7.98. The maximum Gasteiger partial charge on any atom is 0.249 e. The molecule has 5 heteroatoms. The summed E-state index contributed by atoms with van der Waals surface area (Å²) in [5.74, 6) is 0.587. The molecular formula is C17H26N2O2S. The lowest BCUT2D eigenvalue weighted by Crippen LogP contribution is -2.47. The van der Waals surface area contributed by atoms with Crippen LogP contribution in [0.1, 0.15) is 24.8 Å². The van der Waals surface area contributed by atoms with Gasteiger partial charge in [0.05, 0.1) is 0 Å². The molecule has 2 rings (SSSR count). The van der Waals surface area contributed by atoms with Crippen LogP contribution in [0.5, 0.6) is 0 Å². The zero-order valence-corrected chi connectivity index (χ0v) is 14.2. The minimum Gasteiger partial charge on any atom is -0.383 e. The quantitative estimate of drug-likeness (QED) is 0.843. The molecule has 0 radical (unpaired) electrons. The summed E-state index contributed by atoms with van der Waals surface area (Å²) in [6, 6.07) is 8.70. The third kappa shape index (κ3) is 4.92. The molecule has 1 fully saturated rings. The first-order chi connectivity index (χ1) is 10.6. The number of carbonyl (C=O) groups excluding carboxylic acids is 1. The molecule has 0 spiro atoms. The second-order valence-corrected chi connectivity index (χ2v) is 6.89.